The number of aryl methyl sites for hydroxylation is 1. The second kappa shape index (κ2) is 9.11. The Kier molecular flexibility index (Phi) is 5.50. The molecule has 0 fully saturated rings. The third kappa shape index (κ3) is 4.11. The zero-order valence-corrected chi connectivity index (χ0v) is 20.0. The summed E-state index contributed by atoms with van der Waals surface area (Å²) in [7, 11) is 1.67. The first-order chi connectivity index (χ1) is 17.7. The number of hydrogen-bond acceptors (Lipinski definition) is 5. The van der Waals surface area contributed by atoms with Crippen LogP contribution in [0.25, 0.3) is 39.0 Å². The van der Waals surface area contributed by atoms with Crippen molar-refractivity contribution in [2.45, 2.75) is 13.5 Å². The molecule has 176 valence electrons. The minimum Gasteiger partial charge on any atom is -0.495 e. The molecule has 3 aromatic carbocycles. The number of pyridine rings is 1. The number of aromatic nitrogens is 6. The minimum atomic E-state index is 0.601. The standard InChI is InChI=1S/C29H24N6O/c1-20-16-34(19-31-20)28-11-9-23(15-29(28)36-2)27-18-35(33-32-27)17-21-8-10-25-24(12-13-30-26(25)14-21)22-6-4-3-5-7-22/h3-16,18-19H,17H2,1-2H3. The lowest BCUT2D eigenvalue weighted by Gasteiger charge is -2.10. The first-order valence-corrected chi connectivity index (χ1v) is 11.7. The number of fused-ring (bicyclic) bond motifs is 1. The van der Waals surface area contributed by atoms with Crippen LogP contribution in [0.3, 0.4) is 0 Å². The molecule has 0 bridgehead atoms. The summed E-state index contributed by atoms with van der Waals surface area (Å²) in [5.74, 6) is 0.745. The molecule has 0 aliphatic heterocycles. The van der Waals surface area contributed by atoms with Crippen LogP contribution in [0.1, 0.15) is 11.3 Å². The molecule has 0 amide bonds. The van der Waals surface area contributed by atoms with Gasteiger partial charge in [0.1, 0.15) is 11.4 Å². The molecule has 0 aliphatic rings. The number of hydrogen-bond donors (Lipinski definition) is 0. The van der Waals surface area contributed by atoms with Gasteiger partial charge in [-0.25, -0.2) is 9.67 Å². The Morgan fingerprint density at radius 2 is 1.75 bits per heavy atom. The Bertz CT molecular complexity index is 1670. The summed E-state index contributed by atoms with van der Waals surface area (Å²) in [6, 6.07) is 24.8. The molecule has 0 atom stereocenters. The molecule has 36 heavy (non-hydrogen) atoms. The second-order valence-corrected chi connectivity index (χ2v) is 8.69. The second-order valence-electron chi connectivity index (χ2n) is 8.69. The largest absolute Gasteiger partial charge is 0.495 e. The van der Waals surface area contributed by atoms with Crippen molar-refractivity contribution in [1.29, 1.82) is 0 Å². The summed E-state index contributed by atoms with van der Waals surface area (Å²) in [6.45, 7) is 2.56. The number of imidazole rings is 1. The van der Waals surface area contributed by atoms with E-state index in [9.17, 15) is 0 Å². The van der Waals surface area contributed by atoms with Crippen molar-refractivity contribution in [3.63, 3.8) is 0 Å². The van der Waals surface area contributed by atoms with Gasteiger partial charge in [0.2, 0.25) is 0 Å². The highest BCUT2D eigenvalue weighted by atomic mass is 16.5. The van der Waals surface area contributed by atoms with Crippen molar-refractivity contribution in [1.82, 2.24) is 29.5 Å². The number of benzene rings is 3. The minimum absolute atomic E-state index is 0.601. The van der Waals surface area contributed by atoms with Crippen molar-refractivity contribution >= 4 is 10.9 Å². The number of rotatable bonds is 6. The smallest absolute Gasteiger partial charge is 0.143 e. The normalized spacial score (nSPS) is 11.2. The van der Waals surface area contributed by atoms with Gasteiger partial charge < -0.3 is 9.30 Å². The lowest BCUT2D eigenvalue weighted by Crippen LogP contribution is -2.00. The van der Waals surface area contributed by atoms with Gasteiger partial charge in [-0.3, -0.25) is 4.98 Å². The van der Waals surface area contributed by atoms with Crippen LogP contribution in [0.5, 0.6) is 5.75 Å². The van der Waals surface area contributed by atoms with Gasteiger partial charge in [0.25, 0.3) is 0 Å². The maximum atomic E-state index is 5.65. The Balaban J connectivity index is 1.26. The van der Waals surface area contributed by atoms with Gasteiger partial charge in [-0.05, 0) is 47.9 Å². The highest BCUT2D eigenvalue weighted by Crippen LogP contribution is 2.30. The van der Waals surface area contributed by atoms with E-state index < -0.39 is 0 Å². The molecule has 6 aromatic rings. The summed E-state index contributed by atoms with van der Waals surface area (Å²) < 4.78 is 9.44. The molecular formula is C29H24N6O. The fourth-order valence-corrected chi connectivity index (χ4v) is 4.46. The molecule has 6 rings (SSSR count). The topological polar surface area (TPSA) is 70.7 Å². The third-order valence-electron chi connectivity index (χ3n) is 6.24. The van der Waals surface area contributed by atoms with Crippen LogP contribution in [0, 0.1) is 6.92 Å². The maximum absolute atomic E-state index is 5.65. The maximum Gasteiger partial charge on any atom is 0.143 e. The monoisotopic (exact) mass is 472 g/mol. The Morgan fingerprint density at radius 1 is 0.861 bits per heavy atom. The SMILES string of the molecule is COc1cc(-c2cn(Cc3ccc4c(-c5ccccc5)ccnc4c3)nn2)ccc1-n1cnc(C)c1. The molecule has 0 N–H and O–H groups in total. The lowest BCUT2D eigenvalue weighted by molar-refractivity contribution is 0.413. The van der Waals surface area contributed by atoms with E-state index in [0.29, 0.717) is 6.54 Å². The van der Waals surface area contributed by atoms with Crippen LogP contribution in [0.2, 0.25) is 0 Å². The summed E-state index contributed by atoms with van der Waals surface area (Å²) >= 11 is 0. The van der Waals surface area contributed by atoms with Crippen LogP contribution >= 0.6 is 0 Å². The average molecular weight is 473 g/mol. The Labute approximate surface area is 208 Å². The van der Waals surface area contributed by atoms with Gasteiger partial charge in [-0.2, -0.15) is 0 Å². The molecule has 7 heteroatoms. The first-order valence-electron chi connectivity index (χ1n) is 11.7. The summed E-state index contributed by atoms with van der Waals surface area (Å²) in [4.78, 5) is 8.92. The van der Waals surface area contributed by atoms with Gasteiger partial charge in [0.05, 0.1) is 43.1 Å². The van der Waals surface area contributed by atoms with Crippen molar-refractivity contribution in [2.75, 3.05) is 7.11 Å². The van der Waals surface area contributed by atoms with Crippen LogP contribution in [0.15, 0.2) is 97.7 Å². The van der Waals surface area contributed by atoms with E-state index in [2.05, 4.69) is 68.8 Å². The number of ether oxygens (including phenoxy) is 1. The zero-order chi connectivity index (χ0) is 24.5. The predicted molar refractivity (Wildman–Crippen MR) is 140 cm³/mol. The van der Waals surface area contributed by atoms with Crippen LogP contribution in [-0.4, -0.2) is 36.6 Å². The lowest BCUT2D eigenvalue weighted by atomic mass is 10.0. The highest BCUT2D eigenvalue weighted by molar-refractivity contribution is 5.94. The van der Waals surface area contributed by atoms with Crippen LogP contribution in [-0.2, 0) is 6.54 Å². The molecule has 0 saturated heterocycles. The fourth-order valence-electron chi connectivity index (χ4n) is 4.46. The van der Waals surface area contributed by atoms with E-state index in [1.807, 2.05) is 59.0 Å². The van der Waals surface area contributed by atoms with E-state index in [4.69, 9.17) is 4.74 Å². The molecule has 7 nitrogen and oxygen atoms in total. The van der Waals surface area contributed by atoms with E-state index in [-0.39, 0.29) is 0 Å². The number of nitrogens with zero attached hydrogens (tertiary/aromatic N) is 6. The molecule has 0 aliphatic carbocycles. The molecule has 3 heterocycles. The Hall–Kier alpha value is -4.78. The predicted octanol–water partition coefficient (Wildman–Crippen LogP) is 5.71. The van der Waals surface area contributed by atoms with Gasteiger partial charge in [0.15, 0.2) is 0 Å². The van der Waals surface area contributed by atoms with Crippen LogP contribution in [0.4, 0.5) is 0 Å². The van der Waals surface area contributed by atoms with Crippen molar-refractivity contribution in [3.05, 3.63) is 109 Å². The van der Waals surface area contributed by atoms with E-state index in [0.717, 1.165) is 44.9 Å². The van der Waals surface area contributed by atoms with E-state index >= 15 is 0 Å². The third-order valence-corrected chi connectivity index (χ3v) is 6.24. The molecule has 0 unspecified atom stereocenters. The van der Waals surface area contributed by atoms with Crippen LogP contribution < -0.4 is 4.74 Å². The Morgan fingerprint density at radius 3 is 2.56 bits per heavy atom. The quantitative estimate of drug-likeness (QED) is 0.310. The molecule has 0 saturated carbocycles. The van der Waals surface area contributed by atoms with Crippen molar-refractivity contribution < 1.29 is 4.74 Å². The van der Waals surface area contributed by atoms with Gasteiger partial charge in [-0.1, -0.05) is 53.7 Å². The summed E-state index contributed by atoms with van der Waals surface area (Å²) in [6.07, 6.45) is 7.57. The van der Waals surface area contributed by atoms with Crippen molar-refractivity contribution in [2.24, 2.45) is 0 Å². The summed E-state index contributed by atoms with van der Waals surface area (Å²) in [5.41, 5.74) is 8.03. The summed E-state index contributed by atoms with van der Waals surface area (Å²) in [5, 5.41) is 9.90. The first kappa shape index (κ1) is 21.7. The molecule has 0 radical (unpaired) electrons. The fraction of sp³-hybridized carbons (Fsp3) is 0.103. The zero-order valence-electron chi connectivity index (χ0n) is 20.0. The molecular weight excluding hydrogens is 448 g/mol. The van der Waals surface area contributed by atoms with Crippen molar-refractivity contribution in [3.8, 4) is 33.8 Å². The van der Waals surface area contributed by atoms with Gasteiger partial charge >= 0.3 is 0 Å². The van der Waals surface area contributed by atoms with Gasteiger partial charge in [-0.15, -0.1) is 5.10 Å². The average Bonchev–Trinajstić information content (AvgIpc) is 3.57. The molecule has 3 aromatic heterocycles. The van der Waals surface area contributed by atoms with E-state index in [1.165, 1.54) is 11.1 Å². The molecule has 0 spiro atoms. The highest BCUT2D eigenvalue weighted by Gasteiger charge is 2.12. The number of methoxy groups -OCH3 is 1. The van der Waals surface area contributed by atoms with E-state index in [1.54, 1.807) is 13.4 Å². The van der Waals surface area contributed by atoms with Gasteiger partial charge in [0, 0.05) is 23.3 Å².